The molecule has 3 amide bonds. The Labute approximate surface area is 270 Å². The van der Waals surface area contributed by atoms with Crippen LogP contribution in [0.25, 0.3) is 11.4 Å². The number of hydrogen-bond acceptors (Lipinski definition) is 9. The Morgan fingerprint density at radius 1 is 0.915 bits per heavy atom. The predicted octanol–water partition coefficient (Wildman–Crippen LogP) is 3.91. The molecule has 0 radical (unpaired) electrons. The van der Waals surface area contributed by atoms with Gasteiger partial charge in [0.2, 0.25) is 5.82 Å². The number of aliphatic hydroxyl groups excluding tert-OH is 1. The molecule has 5 rings (SSSR count). The molecule has 0 saturated carbocycles. The summed E-state index contributed by atoms with van der Waals surface area (Å²) in [6, 6.07) is 18.0. The first-order chi connectivity index (χ1) is 22.8. The van der Waals surface area contributed by atoms with Crippen LogP contribution in [-0.2, 0) is 11.2 Å². The highest BCUT2D eigenvalue weighted by Gasteiger charge is 2.30. The van der Waals surface area contributed by atoms with Gasteiger partial charge in [-0.15, -0.1) is 10.2 Å². The van der Waals surface area contributed by atoms with Gasteiger partial charge in [-0.3, -0.25) is 24.5 Å². The number of hydrogen-bond donors (Lipinski definition) is 4. The fraction of sp³-hybridized carbons (Fsp3) is 0.333. The summed E-state index contributed by atoms with van der Waals surface area (Å²) in [5.74, 6) is -1.64. The number of aromatic amines is 1. The molecule has 2 heterocycles. The zero-order valence-electron chi connectivity index (χ0n) is 25.7. The van der Waals surface area contributed by atoms with Crippen LogP contribution in [0.15, 0.2) is 72.8 Å². The van der Waals surface area contributed by atoms with E-state index >= 15 is 0 Å². The SMILES string of the molecule is O=C(N[C@@H](Cc1ccccc1)[C@H](O)C(=O)Nc1cccc(-c2nn[nH]n2)c1)c1cc(C(=O)N2CCCCCCCC2)cc([N+](=O)[O-])c1. The van der Waals surface area contributed by atoms with Gasteiger partial charge in [0.25, 0.3) is 23.4 Å². The van der Waals surface area contributed by atoms with Crippen LogP contribution in [0, 0.1) is 10.1 Å². The van der Waals surface area contributed by atoms with Crippen molar-refractivity contribution in [1.82, 2.24) is 30.8 Å². The summed E-state index contributed by atoms with van der Waals surface area (Å²) in [7, 11) is 0. The van der Waals surface area contributed by atoms with Gasteiger partial charge in [-0.25, -0.2) is 0 Å². The number of amides is 3. The highest BCUT2D eigenvalue weighted by atomic mass is 16.6. The Morgan fingerprint density at radius 2 is 1.62 bits per heavy atom. The Balaban J connectivity index is 1.38. The molecule has 0 spiro atoms. The van der Waals surface area contributed by atoms with Gasteiger partial charge in [0.15, 0.2) is 6.10 Å². The molecule has 0 aliphatic carbocycles. The van der Waals surface area contributed by atoms with E-state index in [0.717, 1.165) is 50.2 Å². The van der Waals surface area contributed by atoms with E-state index in [-0.39, 0.29) is 23.5 Å². The first-order valence-electron chi connectivity index (χ1n) is 15.5. The third kappa shape index (κ3) is 8.82. The normalized spacial score (nSPS) is 15.0. The van der Waals surface area contributed by atoms with E-state index < -0.39 is 34.6 Å². The van der Waals surface area contributed by atoms with Crippen LogP contribution in [0.3, 0.4) is 0 Å². The number of aromatic nitrogens is 4. The number of tetrazole rings is 1. The number of nitrogens with one attached hydrogen (secondary N) is 3. The Bertz CT molecular complexity index is 1690. The maximum Gasteiger partial charge on any atom is 0.271 e. The summed E-state index contributed by atoms with van der Waals surface area (Å²) in [4.78, 5) is 53.4. The van der Waals surface area contributed by atoms with E-state index in [2.05, 4.69) is 31.3 Å². The summed E-state index contributed by atoms with van der Waals surface area (Å²) in [5.41, 5.74) is 1.13. The van der Waals surface area contributed by atoms with Crippen molar-refractivity contribution in [2.75, 3.05) is 18.4 Å². The van der Waals surface area contributed by atoms with Crippen LogP contribution in [0.1, 0.15) is 64.8 Å². The number of H-pyrrole nitrogens is 1. The van der Waals surface area contributed by atoms with Gasteiger partial charge in [0.05, 0.1) is 11.0 Å². The molecule has 2 atom stereocenters. The summed E-state index contributed by atoms with van der Waals surface area (Å²) >= 11 is 0. The maximum absolute atomic E-state index is 13.7. The van der Waals surface area contributed by atoms with E-state index in [9.17, 15) is 29.6 Å². The summed E-state index contributed by atoms with van der Waals surface area (Å²) in [5, 5.41) is 42.2. The van der Waals surface area contributed by atoms with E-state index in [1.165, 1.54) is 12.1 Å². The molecular formula is C33H36N8O6. The second kappa shape index (κ2) is 15.7. The maximum atomic E-state index is 13.7. The zero-order valence-corrected chi connectivity index (χ0v) is 25.7. The van der Waals surface area contributed by atoms with Crippen molar-refractivity contribution in [3.8, 4) is 11.4 Å². The molecule has 1 aromatic heterocycles. The number of carbonyl (C=O) groups excluding carboxylic acids is 3. The van der Waals surface area contributed by atoms with E-state index in [4.69, 9.17) is 0 Å². The van der Waals surface area contributed by atoms with Crippen LogP contribution in [-0.4, -0.2) is 78.5 Å². The van der Waals surface area contributed by atoms with Crippen LogP contribution in [0.4, 0.5) is 11.4 Å². The van der Waals surface area contributed by atoms with Crippen molar-refractivity contribution in [3.05, 3.63) is 99.6 Å². The molecule has 1 saturated heterocycles. The van der Waals surface area contributed by atoms with Gasteiger partial charge in [-0.05, 0) is 48.2 Å². The first kappa shape index (κ1) is 32.9. The Morgan fingerprint density at radius 3 is 2.30 bits per heavy atom. The molecule has 244 valence electrons. The molecule has 3 aromatic carbocycles. The molecule has 4 N–H and O–H groups in total. The molecule has 1 aliphatic heterocycles. The molecule has 14 nitrogen and oxygen atoms in total. The van der Waals surface area contributed by atoms with Crippen LogP contribution in [0.2, 0.25) is 0 Å². The number of rotatable bonds is 10. The number of nitro benzene ring substituents is 1. The standard InChI is InChI=1S/C33H36N8O6/c42-29(32(44)34-26-14-10-13-23(19-26)30-36-38-39-37-30)28(17-22-11-6-5-7-12-22)35-31(43)24-18-25(21-27(20-24)41(46)47)33(45)40-15-8-3-1-2-4-9-16-40/h5-7,10-14,18-21,28-29,42H,1-4,8-9,15-17H2,(H,34,44)(H,35,43)(H,36,37,38,39)/t28-,29-/m0/s1. The molecule has 1 fully saturated rings. The van der Waals surface area contributed by atoms with Gasteiger partial charge in [-0.1, -0.05) is 68.1 Å². The molecule has 4 aromatic rings. The van der Waals surface area contributed by atoms with Crippen LogP contribution < -0.4 is 10.6 Å². The fourth-order valence-electron chi connectivity index (χ4n) is 5.56. The third-order valence-electron chi connectivity index (χ3n) is 8.03. The van der Waals surface area contributed by atoms with Crippen molar-refractivity contribution < 1.29 is 24.4 Å². The minimum absolute atomic E-state index is 0.0305. The highest BCUT2D eigenvalue weighted by molar-refractivity contribution is 6.01. The minimum Gasteiger partial charge on any atom is -0.381 e. The van der Waals surface area contributed by atoms with E-state index in [1.54, 1.807) is 53.4 Å². The topological polar surface area (TPSA) is 196 Å². The number of anilines is 1. The summed E-state index contributed by atoms with van der Waals surface area (Å²) in [6.07, 6.45) is 4.20. The van der Waals surface area contributed by atoms with E-state index in [1.807, 2.05) is 6.07 Å². The minimum atomic E-state index is -1.72. The lowest BCUT2D eigenvalue weighted by molar-refractivity contribution is -0.384. The van der Waals surface area contributed by atoms with E-state index in [0.29, 0.717) is 30.2 Å². The average molecular weight is 641 g/mol. The number of benzene rings is 3. The number of nitrogens with zero attached hydrogens (tertiary/aromatic N) is 5. The second-order valence-corrected chi connectivity index (χ2v) is 11.5. The molecule has 0 bridgehead atoms. The van der Waals surface area contributed by atoms with Crippen molar-refractivity contribution in [1.29, 1.82) is 0 Å². The van der Waals surface area contributed by atoms with Crippen molar-refractivity contribution in [3.63, 3.8) is 0 Å². The van der Waals surface area contributed by atoms with Crippen molar-refractivity contribution in [2.24, 2.45) is 0 Å². The van der Waals surface area contributed by atoms with Gasteiger partial charge < -0.3 is 20.6 Å². The van der Waals surface area contributed by atoms with Crippen molar-refractivity contribution >= 4 is 29.1 Å². The molecule has 14 heteroatoms. The average Bonchev–Trinajstić information content (AvgIpc) is 3.67. The molecule has 47 heavy (non-hydrogen) atoms. The van der Waals surface area contributed by atoms with Crippen LogP contribution >= 0.6 is 0 Å². The third-order valence-corrected chi connectivity index (χ3v) is 8.03. The molecule has 0 unspecified atom stereocenters. The molecule has 1 aliphatic rings. The van der Waals surface area contributed by atoms with Crippen LogP contribution in [0.5, 0.6) is 0 Å². The summed E-state index contributed by atoms with van der Waals surface area (Å²) < 4.78 is 0. The Kier molecular flexibility index (Phi) is 11.0. The predicted molar refractivity (Wildman–Crippen MR) is 172 cm³/mol. The van der Waals surface area contributed by atoms with Gasteiger partial charge in [0.1, 0.15) is 0 Å². The lowest BCUT2D eigenvalue weighted by atomic mass is 9.99. The monoisotopic (exact) mass is 640 g/mol. The lowest BCUT2D eigenvalue weighted by Gasteiger charge is -2.24. The zero-order chi connectivity index (χ0) is 33.2. The molecular weight excluding hydrogens is 604 g/mol. The smallest absolute Gasteiger partial charge is 0.271 e. The fourth-order valence-corrected chi connectivity index (χ4v) is 5.56. The van der Waals surface area contributed by atoms with Gasteiger partial charge in [-0.2, -0.15) is 5.21 Å². The summed E-state index contributed by atoms with van der Waals surface area (Å²) in [6.45, 7) is 1.06. The number of nitro groups is 1. The number of carbonyl (C=O) groups is 3. The number of non-ortho nitro benzene ring substituents is 1. The Hall–Kier alpha value is -5.50. The highest BCUT2D eigenvalue weighted by Crippen LogP contribution is 2.22. The second-order valence-electron chi connectivity index (χ2n) is 11.5. The number of aliphatic hydroxyl groups is 1. The lowest BCUT2D eigenvalue weighted by Crippen LogP contribution is -2.50. The van der Waals surface area contributed by atoms with Gasteiger partial charge >= 0.3 is 0 Å². The van der Waals surface area contributed by atoms with Gasteiger partial charge in [0, 0.05) is 47.6 Å². The van der Waals surface area contributed by atoms with Crippen molar-refractivity contribution in [2.45, 2.75) is 57.1 Å². The largest absolute Gasteiger partial charge is 0.381 e. The first-order valence-corrected chi connectivity index (χ1v) is 15.5. The quantitative estimate of drug-likeness (QED) is 0.147.